The molecule has 0 unspecified atom stereocenters. The van der Waals surface area contributed by atoms with Crippen molar-refractivity contribution in [3.63, 3.8) is 0 Å². The highest BCUT2D eigenvalue weighted by Crippen LogP contribution is 2.34. The molecule has 3 nitrogen and oxygen atoms in total. The Labute approximate surface area is 145 Å². The highest BCUT2D eigenvalue weighted by molar-refractivity contribution is 5.79. The zero-order chi connectivity index (χ0) is 18.0. The minimum absolute atomic E-state index is 0.286. The van der Waals surface area contributed by atoms with Crippen LogP contribution in [-0.4, -0.2) is 5.91 Å². The third-order valence-electron chi connectivity index (χ3n) is 4.53. The van der Waals surface area contributed by atoms with Gasteiger partial charge in [0, 0.05) is 5.69 Å². The summed E-state index contributed by atoms with van der Waals surface area (Å²) in [6.07, 6.45) is 0.289. The molecule has 0 aromatic heterocycles. The molecule has 2 aromatic carbocycles. The van der Waals surface area contributed by atoms with E-state index < -0.39 is 0 Å². The lowest BCUT2D eigenvalue weighted by molar-refractivity contribution is -0.117. The summed E-state index contributed by atoms with van der Waals surface area (Å²) in [5.41, 5.74) is 19.2. The second-order valence-electron chi connectivity index (χ2n) is 7.16. The summed E-state index contributed by atoms with van der Waals surface area (Å²) < 4.78 is 0. The average Bonchev–Trinajstić information content (AvgIpc) is 2.49. The van der Waals surface area contributed by atoms with Crippen molar-refractivity contribution in [3.05, 3.63) is 52.6 Å². The second kappa shape index (κ2) is 7.08. The van der Waals surface area contributed by atoms with Crippen LogP contribution in [0.5, 0.6) is 0 Å². The van der Waals surface area contributed by atoms with Gasteiger partial charge in [0.05, 0.1) is 6.42 Å². The smallest absolute Gasteiger partial charge is 0.221 e. The summed E-state index contributed by atoms with van der Waals surface area (Å²) in [5, 5.41) is 0. The Morgan fingerprint density at radius 3 is 1.92 bits per heavy atom. The molecular weight excluding hydrogens is 296 g/mol. The molecule has 1 amide bonds. The van der Waals surface area contributed by atoms with E-state index in [1.54, 1.807) is 0 Å². The molecule has 0 heterocycles. The standard InChI is InChI=1S/C21H28N2O/c1-12(2)17-8-16(15-7-6-14(5)20(22)10-15)9-18(13(3)4)19(17)11-21(23)24/h6-10,12-13H,11,22H2,1-5H3,(H2,23,24). The maximum absolute atomic E-state index is 11.6. The molecule has 24 heavy (non-hydrogen) atoms. The molecule has 4 N–H and O–H groups in total. The van der Waals surface area contributed by atoms with Crippen LogP contribution in [-0.2, 0) is 11.2 Å². The maximum Gasteiger partial charge on any atom is 0.221 e. The number of aryl methyl sites for hydroxylation is 1. The third kappa shape index (κ3) is 3.78. The zero-order valence-electron chi connectivity index (χ0n) is 15.3. The summed E-state index contributed by atoms with van der Waals surface area (Å²) in [4.78, 5) is 11.6. The lowest BCUT2D eigenvalue weighted by Gasteiger charge is -2.21. The Balaban J connectivity index is 2.70. The average molecular weight is 324 g/mol. The quantitative estimate of drug-likeness (QED) is 0.794. The molecule has 3 heteroatoms. The van der Waals surface area contributed by atoms with Gasteiger partial charge in [0.1, 0.15) is 0 Å². The van der Waals surface area contributed by atoms with Gasteiger partial charge in [-0.3, -0.25) is 4.79 Å². The second-order valence-corrected chi connectivity index (χ2v) is 7.16. The number of anilines is 1. The van der Waals surface area contributed by atoms with E-state index in [0.29, 0.717) is 11.8 Å². The summed E-state index contributed by atoms with van der Waals surface area (Å²) in [5.74, 6) is 0.352. The number of rotatable bonds is 5. The molecule has 0 aliphatic heterocycles. The van der Waals surface area contributed by atoms with Crippen LogP contribution < -0.4 is 11.5 Å². The van der Waals surface area contributed by atoms with Crippen LogP contribution in [0.1, 0.15) is 61.8 Å². The van der Waals surface area contributed by atoms with E-state index in [1.165, 1.54) is 11.1 Å². The summed E-state index contributed by atoms with van der Waals surface area (Å²) >= 11 is 0. The molecule has 0 spiro atoms. The Hall–Kier alpha value is -2.29. The first-order valence-electron chi connectivity index (χ1n) is 8.52. The van der Waals surface area contributed by atoms with E-state index in [-0.39, 0.29) is 12.3 Å². The molecule has 2 aromatic rings. The van der Waals surface area contributed by atoms with Crippen LogP contribution in [0.4, 0.5) is 5.69 Å². The number of nitrogens with two attached hydrogens (primary N) is 2. The van der Waals surface area contributed by atoms with Crippen molar-refractivity contribution in [2.75, 3.05) is 5.73 Å². The number of carbonyl (C=O) groups is 1. The van der Waals surface area contributed by atoms with Crippen molar-refractivity contribution in [3.8, 4) is 11.1 Å². The van der Waals surface area contributed by atoms with Crippen LogP contribution in [0, 0.1) is 6.92 Å². The molecular formula is C21H28N2O. The first kappa shape index (κ1) is 18.1. The molecule has 2 rings (SSSR count). The predicted molar refractivity (Wildman–Crippen MR) is 102 cm³/mol. The van der Waals surface area contributed by atoms with Gasteiger partial charge in [0.2, 0.25) is 5.91 Å². The molecule has 0 atom stereocenters. The van der Waals surface area contributed by atoms with Crippen LogP contribution in [0.3, 0.4) is 0 Å². The highest BCUT2D eigenvalue weighted by Gasteiger charge is 2.18. The van der Waals surface area contributed by atoms with Crippen molar-refractivity contribution >= 4 is 11.6 Å². The van der Waals surface area contributed by atoms with E-state index >= 15 is 0 Å². The topological polar surface area (TPSA) is 69.1 Å². The first-order chi connectivity index (χ1) is 11.2. The fourth-order valence-electron chi connectivity index (χ4n) is 3.11. The van der Waals surface area contributed by atoms with Gasteiger partial charge in [-0.25, -0.2) is 0 Å². The maximum atomic E-state index is 11.6. The minimum atomic E-state index is -0.286. The van der Waals surface area contributed by atoms with Crippen molar-refractivity contribution in [1.29, 1.82) is 0 Å². The molecule has 128 valence electrons. The van der Waals surface area contributed by atoms with Crippen molar-refractivity contribution in [2.45, 2.75) is 52.9 Å². The predicted octanol–water partition coefficient (Wildman–Crippen LogP) is 4.52. The highest BCUT2D eigenvalue weighted by atomic mass is 16.1. The molecule has 0 aliphatic carbocycles. The number of nitrogen functional groups attached to an aromatic ring is 1. The number of hydrogen-bond donors (Lipinski definition) is 2. The summed E-state index contributed by atoms with van der Waals surface area (Å²) in [6.45, 7) is 10.6. The van der Waals surface area contributed by atoms with E-state index in [0.717, 1.165) is 27.9 Å². The van der Waals surface area contributed by atoms with E-state index in [2.05, 4.69) is 45.9 Å². The Morgan fingerprint density at radius 1 is 0.958 bits per heavy atom. The van der Waals surface area contributed by atoms with Crippen molar-refractivity contribution in [2.24, 2.45) is 5.73 Å². The Bertz CT molecular complexity index is 731. The monoisotopic (exact) mass is 324 g/mol. The number of amides is 1. The summed E-state index contributed by atoms with van der Waals surface area (Å²) in [6, 6.07) is 10.5. The van der Waals surface area contributed by atoms with E-state index in [1.807, 2.05) is 19.1 Å². The molecule has 0 radical (unpaired) electrons. The molecule has 0 bridgehead atoms. The van der Waals surface area contributed by atoms with Gasteiger partial charge in [-0.1, -0.05) is 52.0 Å². The minimum Gasteiger partial charge on any atom is -0.398 e. The fourth-order valence-corrected chi connectivity index (χ4v) is 3.11. The van der Waals surface area contributed by atoms with Crippen LogP contribution in [0.25, 0.3) is 11.1 Å². The number of carbonyl (C=O) groups excluding carboxylic acids is 1. The van der Waals surface area contributed by atoms with Gasteiger partial charge in [0.15, 0.2) is 0 Å². The SMILES string of the molecule is Cc1ccc(-c2cc(C(C)C)c(CC(N)=O)c(C(C)C)c2)cc1N. The van der Waals surface area contributed by atoms with Crippen LogP contribution in [0.15, 0.2) is 30.3 Å². The number of benzene rings is 2. The fraction of sp³-hybridized carbons (Fsp3) is 0.381. The zero-order valence-corrected chi connectivity index (χ0v) is 15.3. The Kier molecular flexibility index (Phi) is 5.33. The number of hydrogen-bond acceptors (Lipinski definition) is 2. The molecule has 0 aliphatic rings. The van der Waals surface area contributed by atoms with Crippen molar-refractivity contribution in [1.82, 2.24) is 0 Å². The lowest BCUT2D eigenvalue weighted by atomic mass is 9.84. The third-order valence-corrected chi connectivity index (χ3v) is 4.53. The van der Waals surface area contributed by atoms with E-state index in [4.69, 9.17) is 11.5 Å². The normalized spacial score (nSPS) is 11.3. The van der Waals surface area contributed by atoms with Gasteiger partial charge in [-0.15, -0.1) is 0 Å². The van der Waals surface area contributed by atoms with Gasteiger partial charge in [-0.2, -0.15) is 0 Å². The van der Waals surface area contributed by atoms with Gasteiger partial charge in [0.25, 0.3) is 0 Å². The van der Waals surface area contributed by atoms with E-state index in [9.17, 15) is 4.79 Å². The molecule has 0 saturated carbocycles. The number of primary amides is 1. The van der Waals surface area contributed by atoms with Gasteiger partial charge < -0.3 is 11.5 Å². The Morgan fingerprint density at radius 2 is 1.50 bits per heavy atom. The summed E-state index contributed by atoms with van der Waals surface area (Å²) in [7, 11) is 0. The first-order valence-corrected chi connectivity index (χ1v) is 8.52. The van der Waals surface area contributed by atoms with Gasteiger partial charge >= 0.3 is 0 Å². The van der Waals surface area contributed by atoms with Crippen LogP contribution >= 0.6 is 0 Å². The van der Waals surface area contributed by atoms with Gasteiger partial charge in [-0.05, 0) is 58.2 Å². The van der Waals surface area contributed by atoms with Crippen LogP contribution in [0.2, 0.25) is 0 Å². The lowest BCUT2D eigenvalue weighted by Crippen LogP contribution is -2.17. The molecule has 0 saturated heterocycles. The largest absolute Gasteiger partial charge is 0.398 e. The van der Waals surface area contributed by atoms with Crippen molar-refractivity contribution < 1.29 is 4.79 Å². The molecule has 0 fully saturated rings.